The fraction of sp³-hybridized carbons (Fsp3) is 0.0667. The van der Waals surface area contributed by atoms with Gasteiger partial charge in [0.05, 0.1) is 23.4 Å². The predicted octanol–water partition coefficient (Wildman–Crippen LogP) is 2.12. The summed E-state index contributed by atoms with van der Waals surface area (Å²) in [7, 11) is 0. The van der Waals surface area contributed by atoms with Crippen LogP contribution in [0.5, 0.6) is 0 Å². The molecular weight excluding hydrogens is 287 g/mol. The van der Waals surface area contributed by atoms with E-state index < -0.39 is 5.82 Å². The quantitative estimate of drug-likeness (QED) is 0.566. The summed E-state index contributed by atoms with van der Waals surface area (Å²) in [5, 5.41) is 0.472. The van der Waals surface area contributed by atoms with E-state index in [1.54, 1.807) is 6.07 Å². The molecule has 0 radical (unpaired) electrons. The lowest BCUT2D eigenvalue weighted by Gasteiger charge is -2.03. The van der Waals surface area contributed by atoms with Crippen LogP contribution in [-0.4, -0.2) is 19.5 Å². The minimum atomic E-state index is -0.396. The summed E-state index contributed by atoms with van der Waals surface area (Å²) in [6, 6.07) is 5.72. The highest BCUT2D eigenvalue weighted by Gasteiger charge is 2.10. The molecule has 0 fully saturated rings. The smallest absolute Gasteiger partial charge is 0.261 e. The second kappa shape index (κ2) is 4.73. The highest BCUT2D eigenvalue weighted by atomic mass is 19.1. The summed E-state index contributed by atoms with van der Waals surface area (Å²) < 4.78 is 20.0. The molecule has 3 heterocycles. The van der Waals surface area contributed by atoms with Gasteiger partial charge in [-0.1, -0.05) is 0 Å². The Morgan fingerprint density at radius 1 is 1.23 bits per heavy atom. The Morgan fingerprint density at radius 3 is 3.05 bits per heavy atom. The Labute approximate surface area is 122 Å². The summed E-state index contributed by atoms with van der Waals surface area (Å²) in [5.74, 6) is -0.0786. The van der Waals surface area contributed by atoms with Gasteiger partial charge in [0.25, 0.3) is 5.56 Å². The first-order chi connectivity index (χ1) is 10.7. The summed E-state index contributed by atoms with van der Waals surface area (Å²) in [4.78, 5) is 24.7. The number of hydrogen-bond acceptors (Lipinski definition) is 5. The molecule has 0 atom stereocenters. The molecule has 22 heavy (non-hydrogen) atoms. The third kappa shape index (κ3) is 2.03. The Morgan fingerprint density at radius 2 is 2.14 bits per heavy atom. The highest BCUT2D eigenvalue weighted by molar-refractivity contribution is 5.75. The lowest BCUT2D eigenvalue weighted by Crippen LogP contribution is -2.21. The lowest BCUT2D eigenvalue weighted by atomic mass is 10.3. The molecular formula is C15H9FN4O2. The van der Waals surface area contributed by atoms with Crippen molar-refractivity contribution >= 4 is 22.0 Å². The van der Waals surface area contributed by atoms with Gasteiger partial charge in [-0.15, -0.1) is 0 Å². The molecule has 6 nitrogen and oxygen atoms in total. The van der Waals surface area contributed by atoms with Gasteiger partial charge in [0.2, 0.25) is 5.89 Å². The molecule has 0 unspecified atom stereocenters. The molecule has 0 aliphatic carbocycles. The molecule has 0 saturated heterocycles. The standard InChI is InChI=1S/C15H9FN4O2/c16-9-1-2-11-13(5-9)22-14(19-11)7-20-8-18-12-6-17-4-3-10(12)15(20)21/h1-6,8H,7H2. The zero-order valence-electron chi connectivity index (χ0n) is 11.2. The van der Waals surface area contributed by atoms with Crippen molar-refractivity contribution in [1.82, 2.24) is 19.5 Å². The maximum absolute atomic E-state index is 13.2. The molecule has 0 aliphatic heterocycles. The molecule has 0 N–H and O–H groups in total. The van der Waals surface area contributed by atoms with E-state index in [-0.39, 0.29) is 12.1 Å². The minimum Gasteiger partial charge on any atom is -0.439 e. The normalized spacial score (nSPS) is 11.3. The number of oxazole rings is 1. The Balaban J connectivity index is 1.78. The van der Waals surface area contributed by atoms with Crippen LogP contribution in [0.25, 0.3) is 22.0 Å². The molecule has 108 valence electrons. The average molecular weight is 296 g/mol. The zero-order chi connectivity index (χ0) is 15.1. The van der Waals surface area contributed by atoms with E-state index in [9.17, 15) is 9.18 Å². The van der Waals surface area contributed by atoms with Crippen molar-refractivity contribution in [3.05, 3.63) is 65.0 Å². The average Bonchev–Trinajstić information content (AvgIpc) is 2.92. The molecule has 0 bridgehead atoms. The van der Waals surface area contributed by atoms with Crippen molar-refractivity contribution in [2.45, 2.75) is 6.54 Å². The van der Waals surface area contributed by atoms with Gasteiger partial charge in [0.1, 0.15) is 17.9 Å². The number of rotatable bonds is 2. The zero-order valence-corrected chi connectivity index (χ0v) is 11.2. The first-order valence-corrected chi connectivity index (χ1v) is 6.55. The minimum absolute atomic E-state index is 0.125. The van der Waals surface area contributed by atoms with E-state index in [1.165, 1.54) is 41.5 Å². The van der Waals surface area contributed by atoms with Crippen LogP contribution in [0, 0.1) is 5.82 Å². The van der Waals surface area contributed by atoms with E-state index >= 15 is 0 Å². The fourth-order valence-electron chi connectivity index (χ4n) is 2.28. The van der Waals surface area contributed by atoms with Crippen LogP contribution >= 0.6 is 0 Å². The molecule has 0 aliphatic rings. The number of hydrogen-bond donors (Lipinski definition) is 0. The van der Waals surface area contributed by atoms with Gasteiger partial charge < -0.3 is 4.42 Å². The molecule has 3 aromatic heterocycles. The van der Waals surface area contributed by atoms with Gasteiger partial charge in [-0.3, -0.25) is 14.3 Å². The van der Waals surface area contributed by atoms with Gasteiger partial charge in [0, 0.05) is 12.3 Å². The number of aromatic nitrogens is 4. The summed E-state index contributed by atoms with van der Waals surface area (Å²) in [5.41, 5.74) is 1.22. The number of fused-ring (bicyclic) bond motifs is 2. The van der Waals surface area contributed by atoms with Crippen molar-refractivity contribution in [3.8, 4) is 0 Å². The third-order valence-electron chi connectivity index (χ3n) is 3.33. The van der Waals surface area contributed by atoms with Crippen LogP contribution in [0.2, 0.25) is 0 Å². The molecule has 0 spiro atoms. The second-order valence-electron chi connectivity index (χ2n) is 4.79. The number of pyridine rings is 1. The fourth-order valence-corrected chi connectivity index (χ4v) is 2.28. The maximum atomic E-state index is 13.2. The largest absolute Gasteiger partial charge is 0.439 e. The van der Waals surface area contributed by atoms with E-state index in [0.29, 0.717) is 27.9 Å². The van der Waals surface area contributed by atoms with Crippen LogP contribution < -0.4 is 5.56 Å². The Bertz CT molecular complexity index is 1050. The first kappa shape index (κ1) is 12.6. The first-order valence-electron chi connectivity index (χ1n) is 6.55. The van der Waals surface area contributed by atoms with Crippen LogP contribution in [0.3, 0.4) is 0 Å². The second-order valence-corrected chi connectivity index (χ2v) is 4.79. The van der Waals surface area contributed by atoms with E-state index in [0.717, 1.165) is 0 Å². The highest BCUT2D eigenvalue weighted by Crippen LogP contribution is 2.17. The summed E-state index contributed by atoms with van der Waals surface area (Å²) in [6.45, 7) is 0.125. The van der Waals surface area contributed by atoms with Gasteiger partial charge in [-0.2, -0.15) is 0 Å². The number of nitrogens with zero attached hydrogens (tertiary/aromatic N) is 4. The molecule has 0 amide bonds. The SMILES string of the molecule is O=c1c2ccncc2ncn1Cc1nc2ccc(F)cc2o1. The van der Waals surface area contributed by atoms with Crippen molar-refractivity contribution in [3.63, 3.8) is 0 Å². The van der Waals surface area contributed by atoms with Gasteiger partial charge in [-0.25, -0.2) is 14.4 Å². The number of benzene rings is 1. The van der Waals surface area contributed by atoms with Gasteiger partial charge >= 0.3 is 0 Å². The maximum Gasteiger partial charge on any atom is 0.261 e. The topological polar surface area (TPSA) is 73.8 Å². The van der Waals surface area contributed by atoms with E-state index in [1.807, 2.05) is 0 Å². The molecule has 4 aromatic rings. The van der Waals surface area contributed by atoms with Crippen LogP contribution in [0.4, 0.5) is 4.39 Å². The van der Waals surface area contributed by atoms with Crippen molar-refractivity contribution in [2.75, 3.05) is 0 Å². The lowest BCUT2D eigenvalue weighted by molar-refractivity contribution is 0.501. The molecule has 0 saturated carbocycles. The van der Waals surface area contributed by atoms with Crippen molar-refractivity contribution in [1.29, 1.82) is 0 Å². The van der Waals surface area contributed by atoms with Crippen molar-refractivity contribution in [2.24, 2.45) is 0 Å². The van der Waals surface area contributed by atoms with E-state index in [2.05, 4.69) is 15.0 Å². The molecule has 7 heteroatoms. The molecule has 4 rings (SSSR count). The third-order valence-corrected chi connectivity index (χ3v) is 3.33. The van der Waals surface area contributed by atoms with Gasteiger partial charge in [0.15, 0.2) is 5.58 Å². The van der Waals surface area contributed by atoms with Gasteiger partial charge in [-0.05, 0) is 18.2 Å². The van der Waals surface area contributed by atoms with Crippen molar-refractivity contribution < 1.29 is 8.81 Å². The Hall–Kier alpha value is -3.09. The monoisotopic (exact) mass is 296 g/mol. The Kier molecular flexibility index (Phi) is 2.72. The van der Waals surface area contributed by atoms with Crippen LogP contribution in [-0.2, 0) is 6.54 Å². The molecule has 1 aromatic carbocycles. The number of halogens is 1. The van der Waals surface area contributed by atoms with Crippen LogP contribution in [0.1, 0.15) is 5.89 Å². The van der Waals surface area contributed by atoms with Crippen LogP contribution in [0.15, 0.2) is 52.2 Å². The predicted molar refractivity (Wildman–Crippen MR) is 76.9 cm³/mol. The summed E-state index contributed by atoms with van der Waals surface area (Å²) >= 11 is 0. The summed E-state index contributed by atoms with van der Waals surface area (Å²) in [6.07, 6.45) is 4.49. The van der Waals surface area contributed by atoms with E-state index in [4.69, 9.17) is 4.42 Å².